The molecule has 3 rings (SSSR count). The van der Waals surface area contributed by atoms with E-state index >= 15 is 0 Å². The SMILES string of the molecule is COc1ccc(S(=O)(=O)N(CC(=O)Nc2cc(C(F)(F)F)ccc2Cl)c2ccc(F)c(Cl)c2)cc1OC. The molecule has 1 N–H and O–H groups in total. The number of nitrogens with zero attached hydrogens (tertiary/aromatic N) is 1. The minimum absolute atomic E-state index is 0.0702. The molecule has 0 atom stereocenters. The summed E-state index contributed by atoms with van der Waals surface area (Å²) in [6, 6.07) is 8.90. The maximum absolute atomic E-state index is 13.8. The summed E-state index contributed by atoms with van der Waals surface area (Å²) in [4.78, 5) is 12.5. The van der Waals surface area contributed by atoms with Crippen molar-refractivity contribution in [3.63, 3.8) is 0 Å². The molecule has 0 saturated heterocycles. The molecule has 0 aliphatic rings. The molecular formula is C23H18Cl2F4N2O5S. The van der Waals surface area contributed by atoms with Crippen molar-refractivity contribution in [2.75, 3.05) is 30.4 Å². The van der Waals surface area contributed by atoms with E-state index < -0.39 is 45.1 Å². The minimum Gasteiger partial charge on any atom is -0.493 e. The van der Waals surface area contributed by atoms with Gasteiger partial charge in [0.25, 0.3) is 10.0 Å². The fraction of sp³-hybridized carbons (Fsp3) is 0.174. The van der Waals surface area contributed by atoms with E-state index in [0.29, 0.717) is 10.4 Å². The van der Waals surface area contributed by atoms with E-state index in [0.717, 1.165) is 36.4 Å². The minimum atomic E-state index is -4.71. The number of alkyl halides is 3. The number of benzene rings is 3. The van der Waals surface area contributed by atoms with Gasteiger partial charge >= 0.3 is 6.18 Å². The maximum Gasteiger partial charge on any atom is 0.416 e. The fourth-order valence-electron chi connectivity index (χ4n) is 3.18. The zero-order valence-electron chi connectivity index (χ0n) is 19.1. The highest BCUT2D eigenvalue weighted by Crippen LogP contribution is 2.35. The van der Waals surface area contributed by atoms with Crippen LogP contribution >= 0.6 is 23.2 Å². The third kappa shape index (κ3) is 6.38. The largest absolute Gasteiger partial charge is 0.493 e. The number of sulfonamides is 1. The van der Waals surface area contributed by atoms with Crippen LogP contribution in [-0.4, -0.2) is 35.1 Å². The van der Waals surface area contributed by atoms with E-state index in [1.54, 1.807) is 0 Å². The lowest BCUT2D eigenvalue weighted by molar-refractivity contribution is -0.137. The molecule has 0 aliphatic heterocycles. The van der Waals surface area contributed by atoms with Crippen LogP contribution in [0, 0.1) is 5.82 Å². The summed E-state index contributed by atoms with van der Waals surface area (Å²) in [6.07, 6.45) is -4.71. The number of ether oxygens (including phenoxy) is 2. The first-order valence-corrected chi connectivity index (χ1v) is 12.3. The Morgan fingerprint density at radius 2 is 1.62 bits per heavy atom. The monoisotopic (exact) mass is 580 g/mol. The van der Waals surface area contributed by atoms with E-state index in [1.165, 1.54) is 26.4 Å². The van der Waals surface area contributed by atoms with Gasteiger partial charge in [0.2, 0.25) is 5.91 Å². The number of nitrogens with one attached hydrogen (secondary N) is 1. The quantitative estimate of drug-likeness (QED) is 0.330. The summed E-state index contributed by atoms with van der Waals surface area (Å²) in [7, 11) is -1.89. The van der Waals surface area contributed by atoms with Crippen LogP contribution in [0.15, 0.2) is 59.5 Å². The lowest BCUT2D eigenvalue weighted by Crippen LogP contribution is -2.38. The second-order valence-electron chi connectivity index (χ2n) is 7.37. The van der Waals surface area contributed by atoms with Gasteiger partial charge in [0.1, 0.15) is 12.4 Å². The second kappa shape index (κ2) is 11.0. The Labute approximate surface area is 219 Å². The summed E-state index contributed by atoms with van der Waals surface area (Å²) < 4.78 is 91.1. The summed E-state index contributed by atoms with van der Waals surface area (Å²) in [5, 5.41) is 1.55. The molecule has 7 nitrogen and oxygen atoms in total. The average molecular weight is 581 g/mol. The molecule has 0 saturated carbocycles. The van der Waals surface area contributed by atoms with Crippen LogP contribution in [-0.2, 0) is 21.0 Å². The van der Waals surface area contributed by atoms with Crippen LogP contribution in [0.1, 0.15) is 5.56 Å². The highest BCUT2D eigenvalue weighted by molar-refractivity contribution is 7.92. The zero-order chi connectivity index (χ0) is 27.5. The van der Waals surface area contributed by atoms with Gasteiger partial charge in [-0.3, -0.25) is 9.10 Å². The number of hydrogen-bond donors (Lipinski definition) is 1. The number of carbonyl (C=O) groups is 1. The predicted molar refractivity (Wildman–Crippen MR) is 131 cm³/mol. The first-order valence-electron chi connectivity index (χ1n) is 10.1. The third-order valence-corrected chi connectivity index (χ3v) is 7.38. The number of methoxy groups -OCH3 is 2. The van der Waals surface area contributed by atoms with Crippen molar-refractivity contribution >= 4 is 50.5 Å². The van der Waals surface area contributed by atoms with Crippen LogP contribution in [0.25, 0.3) is 0 Å². The number of halogens is 6. The van der Waals surface area contributed by atoms with Crippen molar-refractivity contribution in [2.45, 2.75) is 11.1 Å². The maximum atomic E-state index is 13.8. The highest BCUT2D eigenvalue weighted by Gasteiger charge is 2.32. The molecule has 0 bridgehead atoms. The average Bonchev–Trinajstić information content (AvgIpc) is 2.84. The van der Waals surface area contributed by atoms with Crippen LogP contribution in [0.4, 0.5) is 28.9 Å². The van der Waals surface area contributed by atoms with E-state index in [2.05, 4.69) is 5.32 Å². The number of hydrogen-bond acceptors (Lipinski definition) is 5. The molecule has 1 amide bonds. The van der Waals surface area contributed by atoms with Crippen molar-refractivity contribution in [3.05, 3.63) is 76.0 Å². The molecule has 0 spiro atoms. The van der Waals surface area contributed by atoms with Gasteiger partial charge in [-0.15, -0.1) is 0 Å². The molecule has 3 aromatic carbocycles. The molecule has 37 heavy (non-hydrogen) atoms. The lowest BCUT2D eigenvalue weighted by Gasteiger charge is -2.25. The number of amides is 1. The van der Waals surface area contributed by atoms with E-state index in [-0.39, 0.29) is 32.8 Å². The predicted octanol–water partition coefficient (Wildman–Crippen LogP) is 6.00. The molecule has 198 valence electrons. The third-order valence-electron chi connectivity index (χ3n) is 4.99. The highest BCUT2D eigenvalue weighted by atomic mass is 35.5. The first-order chi connectivity index (χ1) is 17.3. The van der Waals surface area contributed by atoms with Crippen molar-refractivity contribution in [1.29, 1.82) is 0 Å². The lowest BCUT2D eigenvalue weighted by atomic mass is 10.2. The summed E-state index contributed by atoms with van der Waals surface area (Å²) in [6.45, 7) is -0.925. The van der Waals surface area contributed by atoms with Crippen molar-refractivity contribution in [3.8, 4) is 11.5 Å². The van der Waals surface area contributed by atoms with Gasteiger partial charge in [-0.2, -0.15) is 13.2 Å². The Kier molecular flexibility index (Phi) is 8.45. The molecular weight excluding hydrogens is 563 g/mol. The number of anilines is 2. The smallest absolute Gasteiger partial charge is 0.416 e. The van der Waals surface area contributed by atoms with E-state index in [4.69, 9.17) is 32.7 Å². The first kappa shape index (κ1) is 28.4. The van der Waals surface area contributed by atoms with Crippen LogP contribution in [0.2, 0.25) is 10.0 Å². The Balaban J connectivity index is 2.03. The topological polar surface area (TPSA) is 84.9 Å². The Hall–Kier alpha value is -3.22. The normalized spacial score (nSPS) is 11.7. The van der Waals surface area contributed by atoms with Gasteiger partial charge in [-0.25, -0.2) is 12.8 Å². The summed E-state index contributed by atoms with van der Waals surface area (Å²) in [5.41, 5.74) is -1.65. The molecule has 0 radical (unpaired) electrons. The number of carbonyl (C=O) groups excluding carboxylic acids is 1. The van der Waals surface area contributed by atoms with E-state index in [1.807, 2.05) is 0 Å². The molecule has 14 heteroatoms. The summed E-state index contributed by atoms with van der Waals surface area (Å²) >= 11 is 11.8. The fourth-order valence-corrected chi connectivity index (χ4v) is 4.95. The Morgan fingerprint density at radius 3 is 2.22 bits per heavy atom. The Bertz CT molecular complexity index is 1440. The van der Waals surface area contributed by atoms with E-state index in [9.17, 15) is 30.8 Å². The molecule has 0 fully saturated rings. The van der Waals surface area contributed by atoms with Gasteiger partial charge < -0.3 is 14.8 Å². The standard InChI is InChI=1S/C23H18Cl2F4N2O5S/c1-35-20-8-5-15(11-21(20)36-2)37(33,34)31(14-4-7-18(26)17(25)10-14)12-22(32)30-19-9-13(23(27,28)29)3-6-16(19)24/h3-11H,12H2,1-2H3,(H,30,32). The molecule has 0 aliphatic carbocycles. The van der Waals surface area contributed by atoms with Crippen molar-refractivity contribution < 1.29 is 40.2 Å². The van der Waals surface area contributed by atoms with Gasteiger partial charge in [-0.1, -0.05) is 23.2 Å². The van der Waals surface area contributed by atoms with Crippen LogP contribution < -0.4 is 19.1 Å². The number of rotatable bonds is 8. The Morgan fingerprint density at radius 1 is 0.946 bits per heavy atom. The van der Waals surface area contributed by atoms with Crippen LogP contribution in [0.5, 0.6) is 11.5 Å². The van der Waals surface area contributed by atoms with Gasteiger partial charge in [0, 0.05) is 6.07 Å². The molecule has 0 unspecified atom stereocenters. The molecule has 0 heterocycles. The molecule has 3 aromatic rings. The molecule has 0 aromatic heterocycles. The zero-order valence-corrected chi connectivity index (χ0v) is 21.4. The van der Waals surface area contributed by atoms with Crippen molar-refractivity contribution in [1.82, 2.24) is 0 Å². The second-order valence-corrected chi connectivity index (χ2v) is 10.0. The van der Waals surface area contributed by atoms with Gasteiger partial charge in [0.15, 0.2) is 11.5 Å². The van der Waals surface area contributed by atoms with Crippen molar-refractivity contribution in [2.24, 2.45) is 0 Å². The van der Waals surface area contributed by atoms with Gasteiger partial charge in [-0.05, 0) is 48.5 Å². The van der Waals surface area contributed by atoms with Gasteiger partial charge in [0.05, 0.1) is 46.1 Å². The summed E-state index contributed by atoms with van der Waals surface area (Å²) in [5.74, 6) is -1.57. The van der Waals surface area contributed by atoms with Crippen LogP contribution in [0.3, 0.4) is 0 Å².